The maximum absolute atomic E-state index is 14.3. The Balaban J connectivity index is 1.82. The average Bonchev–Trinajstić information content (AvgIpc) is 2.75. The third kappa shape index (κ3) is 3.66. The van der Waals surface area contributed by atoms with E-state index >= 15 is 0 Å². The fourth-order valence-corrected chi connectivity index (χ4v) is 3.34. The van der Waals surface area contributed by atoms with Gasteiger partial charge in [0, 0.05) is 22.7 Å². The molecule has 10 heteroatoms. The average molecular weight is 450 g/mol. The molecule has 4 aromatic carbocycles. The van der Waals surface area contributed by atoms with Gasteiger partial charge in [-0.2, -0.15) is 0 Å². The van der Waals surface area contributed by atoms with E-state index in [1.165, 1.54) is 24.3 Å². The molecule has 0 radical (unpaired) electrons. The Morgan fingerprint density at radius 2 is 1.34 bits per heavy atom. The van der Waals surface area contributed by atoms with Crippen LogP contribution in [0.15, 0.2) is 54.6 Å². The molecule has 0 fully saturated rings. The zero-order chi connectivity index (χ0) is 23.2. The molecular weight excluding hydrogens is 440 g/mol. The topological polar surface area (TPSA) is 29.5 Å². The summed E-state index contributed by atoms with van der Waals surface area (Å²) in [6.07, 6.45) is 0. The molecule has 0 saturated carbocycles. The standard InChI is InChI=1S/C22H10BF7O2/c24-10-7-12(20(28)16(26)8-10)11-3-1-2-4-18(11)32-23(31)14-5-6-15(25)19-13(14)9-17(27)21(29)22(19)30/h1-9,31H. The minimum Gasteiger partial charge on any atom is -0.532 e. The molecule has 0 atom stereocenters. The highest BCUT2D eigenvalue weighted by molar-refractivity contribution is 6.64. The molecule has 0 aromatic heterocycles. The molecule has 0 saturated heterocycles. The maximum atomic E-state index is 14.3. The molecule has 1 N–H and O–H groups in total. The summed E-state index contributed by atoms with van der Waals surface area (Å²) in [6.45, 7) is 0. The Hall–Kier alpha value is -3.53. The second-order valence-corrected chi connectivity index (χ2v) is 6.76. The molecule has 4 aromatic rings. The first-order chi connectivity index (χ1) is 15.2. The summed E-state index contributed by atoms with van der Waals surface area (Å²) >= 11 is 0. The number of hydrogen-bond donors (Lipinski definition) is 1. The third-order valence-corrected chi connectivity index (χ3v) is 4.80. The smallest absolute Gasteiger partial charge is 0.532 e. The van der Waals surface area contributed by atoms with Gasteiger partial charge in [-0.05, 0) is 29.7 Å². The summed E-state index contributed by atoms with van der Waals surface area (Å²) in [5.41, 5.74) is -0.981. The molecule has 162 valence electrons. The molecule has 0 aliphatic heterocycles. The van der Waals surface area contributed by atoms with Crippen LogP contribution >= 0.6 is 0 Å². The van der Waals surface area contributed by atoms with Crippen LogP contribution in [-0.4, -0.2) is 12.1 Å². The first kappa shape index (κ1) is 21.7. The first-order valence-electron chi connectivity index (χ1n) is 9.03. The molecule has 0 amide bonds. The molecule has 2 nitrogen and oxygen atoms in total. The van der Waals surface area contributed by atoms with E-state index in [0.717, 1.165) is 12.1 Å². The van der Waals surface area contributed by atoms with Gasteiger partial charge in [-0.25, -0.2) is 30.7 Å². The van der Waals surface area contributed by atoms with Crippen LogP contribution in [0.1, 0.15) is 0 Å². The van der Waals surface area contributed by atoms with Crippen molar-refractivity contribution in [3.8, 4) is 16.9 Å². The van der Waals surface area contributed by atoms with E-state index in [0.29, 0.717) is 18.2 Å². The number of para-hydroxylation sites is 1. The van der Waals surface area contributed by atoms with Crippen molar-refractivity contribution >= 4 is 23.4 Å². The highest BCUT2D eigenvalue weighted by atomic mass is 19.2. The van der Waals surface area contributed by atoms with Gasteiger partial charge in [0.15, 0.2) is 29.1 Å². The van der Waals surface area contributed by atoms with E-state index in [4.69, 9.17) is 4.65 Å². The minimum atomic E-state index is -2.00. The highest BCUT2D eigenvalue weighted by Crippen LogP contribution is 2.34. The predicted molar refractivity (Wildman–Crippen MR) is 104 cm³/mol. The van der Waals surface area contributed by atoms with Gasteiger partial charge in [0.05, 0.1) is 5.39 Å². The van der Waals surface area contributed by atoms with Crippen molar-refractivity contribution in [3.63, 3.8) is 0 Å². The Morgan fingerprint density at radius 1 is 0.656 bits per heavy atom. The number of halogens is 7. The van der Waals surface area contributed by atoms with E-state index in [2.05, 4.69) is 0 Å². The molecule has 0 spiro atoms. The number of fused-ring (bicyclic) bond motifs is 1. The molecular formula is C22H10BF7O2. The van der Waals surface area contributed by atoms with Gasteiger partial charge in [0.2, 0.25) is 0 Å². The van der Waals surface area contributed by atoms with Crippen LogP contribution < -0.4 is 10.1 Å². The second-order valence-electron chi connectivity index (χ2n) is 6.76. The van der Waals surface area contributed by atoms with Crippen molar-refractivity contribution in [2.45, 2.75) is 0 Å². The third-order valence-electron chi connectivity index (χ3n) is 4.80. The van der Waals surface area contributed by atoms with Crippen molar-refractivity contribution in [1.82, 2.24) is 0 Å². The van der Waals surface area contributed by atoms with Crippen LogP contribution in [0.5, 0.6) is 5.75 Å². The van der Waals surface area contributed by atoms with Gasteiger partial charge in [0.25, 0.3) is 0 Å². The van der Waals surface area contributed by atoms with Crippen LogP contribution in [-0.2, 0) is 0 Å². The Morgan fingerprint density at radius 3 is 2.09 bits per heavy atom. The van der Waals surface area contributed by atoms with Gasteiger partial charge in [-0.15, -0.1) is 0 Å². The lowest BCUT2D eigenvalue weighted by atomic mass is 9.76. The largest absolute Gasteiger partial charge is 0.560 e. The van der Waals surface area contributed by atoms with E-state index in [9.17, 15) is 35.8 Å². The van der Waals surface area contributed by atoms with E-state index in [1.54, 1.807) is 0 Å². The van der Waals surface area contributed by atoms with Crippen molar-refractivity contribution in [3.05, 3.63) is 95.3 Å². The zero-order valence-corrected chi connectivity index (χ0v) is 15.8. The molecule has 0 aliphatic rings. The molecule has 0 heterocycles. The second kappa shape index (κ2) is 8.20. The number of benzene rings is 4. The molecule has 32 heavy (non-hydrogen) atoms. The van der Waals surface area contributed by atoms with Crippen LogP contribution in [0, 0.1) is 40.7 Å². The molecule has 4 rings (SSSR count). The summed E-state index contributed by atoms with van der Waals surface area (Å²) in [5.74, 6) is -10.6. The molecule has 0 bridgehead atoms. The number of hydrogen-bond acceptors (Lipinski definition) is 2. The van der Waals surface area contributed by atoms with Crippen molar-refractivity contribution in [2.75, 3.05) is 0 Å². The normalized spacial score (nSPS) is 11.1. The fraction of sp³-hybridized carbons (Fsp3) is 0. The zero-order valence-electron chi connectivity index (χ0n) is 15.8. The summed E-state index contributed by atoms with van der Waals surface area (Å²) in [6, 6.07) is 8.57. The predicted octanol–water partition coefficient (Wildman–Crippen LogP) is 5.25. The van der Waals surface area contributed by atoms with E-state index < -0.39 is 64.2 Å². The molecule has 0 aliphatic carbocycles. The summed E-state index contributed by atoms with van der Waals surface area (Å²) in [5, 5.41) is 9.13. The van der Waals surface area contributed by atoms with Crippen LogP contribution in [0.4, 0.5) is 30.7 Å². The maximum Gasteiger partial charge on any atom is 0.560 e. The van der Waals surface area contributed by atoms with Gasteiger partial charge in [-0.1, -0.05) is 24.3 Å². The quantitative estimate of drug-likeness (QED) is 0.199. The first-order valence-corrected chi connectivity index (χ1v) is 9.03. The van der Waals surface area contributed by atoms with Crippen molar-refractivity contribution in [2.24, 2.45) is 0 Å². The monoisotopic (exact) mass is 450 g/mol. The fourth-order valence-electron chi connectivity index (χ4n) is 3.34. The van der Waals surface area contributed by atoms with Gasteiger partial charge >= 0.3 is 7.12 Å². The summed E-state index contributed by atoms with van der Waals surface area (Å²) in [4.78, 5) is 0. The lowest BCUT2D eigenvalue weighted by molar-refractivity contribution is 0.433. The minimum absolute atomic E-state index is 0.141. The van der Waals surface area contributed by atoms with Crippen molar-refractivity contribution in [1.29, 1.82) is 0 Å². The van der Waals surface area contributed by atoms with Crippen LogP contribution in [0.25, 0.3) is 21.9 Å². The SMILES string of the molecule is OB(Oc1ccccc1-c1cc(F)cc(F)c1F)c1ccc(F)c2c(F)c(F)c(F)cc12. The Bertz CT molecular complexity index is 1360. The van der Waals surface area contributed by atoms with Crippen LogP contribution in [0.3, 0.4) is 0 Å². The van der Waals surface area contributed by atoms with E-state index in [1.807, 2.05) is 0 Å². The lowest BCUT2D eigenvalue weighted by Crippen LogP contribution is -2.37. The number of rotatable bonds is 4. The van der Waals surface area contributed by atoms with Crippen LogP contribution in [0.2, 0.25) is 0 Å². The Labute approximate surface area is 176 Å². The molecule has 0 unspecified atom stereocenters. The van der Waals surface area contributed by atoms with Gasteiger partial charge in [-0.3, -0.25) is 0 Å². The lowest BCUT2D eigenvalue weighted by Gasteiger charge is -2.17. The van der Waals surface area contributed by atoms with E-state index in [-0.39, 0.29) is 16.8 Å². The summed E-state index contributed by atoms with van der Waals surface area (Å²) < 4.78 is 102. The highest BCUT2D eigenvalue weighted by Gasteiger charge is 2.28. The Kier molecular flexibility index (Phi) is 5.56. The van der Waals surface area contributed by atoms with Gasteiger partial charge in [0.1, 0.15) is 17.4 Å². The van der Waals surface area contributed by atoms with Gasteiger partial charge < -0.3 is 9.68 Å². The van der Waals surface area contributed by atoms with Crippen molar-refractivity contribution < 1.29 is 40.4 Å². The summed E-state index contributed by atoms with van der Waals surface area (Å²) in [7, 11) is -2.00.